The van der Waals surface area contributed by atoms with Crippen molar-refractivity contribution >= 4 is 11.9 Å². The van der Waals surface area contributed by atoms with E-state index >= 15 is 0 Å². The van der Waals surface area contributed by atoms with Crippen molar-refractivity contribution in [3.8, 4) is 0 Å². The fraction of sp³-hybridized carbons (Fsp3) is 0.273. The predicted octanol–water partition coefficient (Wildman–Crippen LogP) is 0.138. The van der Waals surface area contributed by atoms with Crippen molar-refractivity contribution in [3.63, 3.8) is 0 Å². The van der Waals surface area contributed by atoms with Gasteiger partial charge in [-0.05, 0) is 5.56 Å². The standard InChI is InChI=1S/C11H13NO4/c13-9(11(15)16)6-10(14)12-7-8-4-2-1-3-5-8/h1-5,9,13H,6-7H2,(H,12,14)(H,15,16)/t9-/m1/s1. The summed E-state index contributed by atoms with van der Waals surface area (Å²) in [5.41, 5.74) is 0.917. The van der Waals surface area contributed by atoms with Crippen LogP contribution in [0.2, 0.25) is 0 Å². The molecular formula is C11H13NO4. The molecular weight excluding hydrogens is 210 g/mol. The third-order valence-electron chi connectivity index (χ3n) is 2.00. The van der Waals surface area contributed by atoms with Crippen LogP contribution in [-0.4, -0.2) is 28.2 Å². The number of aliphatic carboxylic acids is 1. The fourth-order valence-corrected chi connectivity index (χ4v) is 1.13. The van der Waals surface area contributed by atoms with E-state index < -0.39 is 24.4 Å². The monoisotopic (exact) mass is 223 g/mol. The van der Waals surface area contributed by atoms with Gasteiger partial charge in [-0.15, -0.1) is 0 Å². The Morgan fingerprint density at radius 1 is 1.25 bits per heavy atom. The quantitative estimate of drug-likeness (QED) is 0.662. The first-order valence-electron chi connectivity index (χ1n) is 4.81. The second-order valence-electron chi connectivity index (χ2n) is 3.32. The highest BCUT2D eigenvalue weighted by Crippen LogP contribution is 1.98. The Morgan fingerprint density at radius 2 is 1.88 bits per heavy atom. The van der Waals surface area contributed by atoms with Crippen LogP contribution in [0.3, 0.4) is 0 Å². The van der Waals surface area contributed by atoms with E-state index in [1.807, 2.05) is 30.3 Å². The topological polar surface area (TPSA) is 86.6 Å². The van der Waals surface area contributed by atoms with E-state index in [1.54, 1.807) is 0 Å². The molecule has 1 amide bonds. The molecule has 1 rings (SSSR count). The van der Waals surface area contributed by atoms with E-state index in [-0.39, 0.29) is 0 Å². The van der Waals surface area contributed by atoms with Gasteiger partial charge >= 0.3 is 5.97 Å². The van der Waals surface area contributed by atoms with Gasteiger partial charge < -0.3 is 15.5 Å². The van der Waals surface area contributed by atoms with E-state index in [0.717, 1.165) is 5.56 Å². The predicted molar refractivity (Wildman–Crippen MR) is 56.5 cm³/mol. The molecule has 0 aromatic heterocycles. The van der Waals surface area contributed by atoms with Crippen molar-refractivity contribution in [2.75, 3.05) is 0 Å². The van der Waals surface area contributed by atoms with E-state index in [2.05, 4.69) is 5.32 Å². The highest BCUT2D eigenvalue weighted by molar-refractivity contribution is 5.83. The minimum atomic E-state index is -1.64. The lowest BCUT2D eigenvalue weighted by molar-refractivity contribution is -0.149. The molecule has 0 aliphatic carbocycles. The van der Waals surface area contributed by atoms with Gasteiger partial charge in [0.1, 0.15) is 0 Å². The van der Waals surface area contributed by atoms with Crippen molar-refractivity contribution in [1.29, 1.82) is 0 Å². The molecule has 86 valence electrons. The zero-order valence-electron chi connectivity index (χ0n) is 8.59. The van der Waals surface area contributed by atoms with Crippen LogP contribution in [0.15, 0.2) is 30.3 Å². The maximum Gasteiger partial charge on any atom is 0.333 e. The molecule has 1 aromatic rings. The first kappa shape index (κ1) is 12.2. The number of carbonyl (C=O) groups excluding carboxylic acids is 1. The molecule has 0 saturated carbocycles. The van der Waals surface area contributed by atoms with Crippen LogP contribution in [0.1, 0.15) is 12.0 Å². The highest BCUT2D eigenvalue weighted by atomic mass is 16.4. The van der Waals surface area contributed by atoms with Crippen molar-refractivity contribution in [3.05, 3.63) is 35.9 Å². The number of aliphatic hydroxyl groups is 1. The van der Waals surface area contributed by atoms with Crippen molar-refractivity contribution in [2.24, 2.45) is 0 Å². The molecule has 5 nitrogen and oxygen atoms in total. The van der Waals surface area contributed by atoms with Crippen LogP contribution >= 0.6 is 0 Å². The molecule has 0 aliphatic rings. The SMILES string of the molecule is O=C(C[C@@H](O)C(=O)O)NCc1ccccc1. The van der Waals surface area contributed by atoms with E-state index in [9.17, 15) is 9.59 Å². The summed E-state index contributed by atoms with van der Waals surface area (Å²) < 4.78 is 0. The Hall–Kier alpha value is -1.88. The van der Waals surface area contributed by atoms with Gasteiger partial charge in [0.15, 0.2) is 6.10 Å². The summed E-state index contributed by atoms with van der Waals surface area (Å²) >= 11 is 0. The van der Waals surface area contributed by atoms with Gasteiger partial charge in [-0.2, -0.15) is 0 Å². The molecule has 0 spiro atoms. The van der Waals surface area contributed by atoms with Gasteiger partial charge in [-0.1, -0.05) is 30.3 Å². The molecule has 0 bridgehead atoms. The van der Waals surface area contributed by atoms with Gasteiger partial charge in [-0.25, -0.2) is 4.79 Å². The number of carboxylic acid groups (broad SMARTS) is 1. The second kappa shape index (κ2) is 5.87. The molecule has 5 heteroatoms. The maximum atomic E-state index is 11.2. The Labute approximate surface area is 92.7 Å². The number of carbonyl (C=O) groups is 2. The first-order valence-corrected chi connectivity index (χ1v) is 4.81. The molecule has 0 heterocycles. The van der Waals surface area contributed by atoms with Crippen LogP contribution in [0.25, 0.3) is 0 Å². The van der Waals surface area contributed by atoms with E-state index in [1.165, 1.54) is 0 Å². The van der Waals surface area contributed by atoms with Gasteiger partial charge in [0.05, 0.1) is 6.42 Å². The van der Waals surface area contributed by atoms with Crippen LogP contribution in [0, 0.1) is 0 Å². The Balaban J connectivity index is 2.33. The van der Waals surface area contributed by atoms with Crippen LogP contribution < -0.4 is 5.32 Å². The summed E-state index contributed by atoms with van der Waals surface area (Å²) in [7, 11) is 0. The van der Waals surface area contributed by atoms with Crippen molar-refractivity contribution in [2.45, 2.75) is 19.1 Å². The Bertz CT molecular complexity index is 364. The highest BCUT2D eigenvalue weighted by Gasteiger charge is 2.17. The molecule has 0 radical (unpaired) electrons. The summed E-state index contributed by atoms with van der Waals surface area (Å²) in [4.78, 5) is 21.5. The average Bonchev–Trinajstić information content (AvgIpc) is 2.27. The third kappa shape index (κ3) is 4.10. The fourth-order valence-electron chi connectivity index (χ4n) is 1.13. The van der Waals surface area contributed by atoms with Crippen molar-refractivity contribution < 1.29 is 19.8 Å². The van der Waals surface area contributed by atoms with Gasteiger partial charge in [0.25, 0.3) is 0 Å². The summed E-state index contributed by atoms with van der Waals surface area (Å²) in [5, 5.41) is 19.8. The molecule has 3 N–H and O–H groups in total. The number of rotatable bonds is 5. The molecule has 0 fully saturated rings. The Morgan fingerprint density at radius 3 is 2.44 bits per heavy atom. The number of amides is 1. The lowest BCUT2D eigenvalue weighted by atomic mass is 10.2. The van der Waals surface area contributed by atoms with E-state index in [4.69, 9.17) is 10.2 Å². The minimum absolute atomic E-state index is 0.325. The first-order chi connectivity index (χ1) is 7.59. The maximum absolute atomic E-state index is 11.2. The molecule has 1 aromatic carbocycles. The molecule has 1 atom stereocenters. The summed E-state index contributed by atoms with van der Waals surface area (Å²) in [6.07, 6.45) is -2.07. The summed E-state index contributed by atoms with van der Waals surface area (Å²) in [5.74, 6) is -1.88. The number of nitrogens with one attached hydrogen (secondary N) is 1. The summed E-state index contributed by atoms with van der Waals surface area (Å²) in [6, 6.07) is 9.22. The number of benzene rings is 1. The molecule has 0 unspecified atom stereocenters. The normalized spacial score (nSPS) is 11.8. The Kier molecular flexibility index (Phi) is 4.47. The number of aliphatic hydroxyl groups excluding tert-OH is 1. The average molecular weight is 223 g/mol. The zero-order chi connectivity index (χ0) is 12.0. The van der Waals surface area contributed by atoms with Crippen LogP contribution in [0.5, 0.6) is 0 Å². The van der Waals surface area contributed by atoms with Gasteiger partial charge in [0, 0.05) is 6.54 Å². The van der Waals surface area contributed by atoms with Gasteiger partial charge in [0.2, 0.25) is 5.91 Å². The third-order valence-corrected chi connectivity index (χ3v) is 2.00. The molecule has 0 aliphatic heterocycles. The molecule has 16 heavy (non-hydrogen) atoms. The minimum Gasteiger partial charge on any atom is -0.479 e. The van der Waals surface area contributed by atoms with Crippen LogP contribution in [0.4, 0.5) is 0 Å². The van der Waals surface area contributed by atoms with Crippen LogP contribution in [-0.2, 0) is 16.1 Å². The second-order valence-corrected chi connectivity index (χ2v) is 3.32. The largest absolute Gasteiger partial charge is 0.479 e. The molecule has 0 saturated heterocycles. The lowest BCUT2D eigenvalue weighted by Gasteiger charge is -2.07. The van der Waals surface area contributed by atoms with Crippen molar-refractivity contribution in [1.82, 2.24) is 5.32 Å². The summed E-state index contributed by atoms with van der Waals surface area (Å²) in [6.45, 7) is 0.325. The number of hydrogen-bond acceptors (Lipinski definition) is 3. The number of carboxylic acids is 1. The number of hydrogen-bond donors (Lipinski definition) is 3. The zero-order valence-corrected chi connectivity index (χ0v) is 8.59. The smallest absolute Gasteiger partial charge is 0.333 e. The van der Waals surface area contributed by atoms with Gasteiger partial charge in [-0.3, -0.25) is 4.79 Å². The van der Waals surface area contributed by atoms with E-state index in [0.29, 0.717) is 6.54 Å². The lowest BCUT2D eigenvalue weighted by Crippen LogP contribution is -2.30.